The molecule has 0 heterocycles. The van der Waals surface area contributed by atoms with Gasteiger partial charge in [-0.1, -0.05) is 24.1 Å². The fourth-order valence-corrected chi connectivity index (χ4v) is 1.20. The molecule has 0 radical (unpaired) electrons. The maximum absolute atomic E-state index is 13.3. The molecular formula is C11H6F6. The summed E-state index contributed by atoms with van der Waals surface area (Å²) < 4.78 is 76.0. The second-order valence-corrected chi connectivity index (χ2v) is 3.19. The number of hydrogen-bond acceptors (Lipinski definition) is 0. The highest BCUT2D eigenvalue weighted by Crippen LogP contribution is 2.47. The molecule has 0 unspecified atom stereocenters. The van der Waals surface area contributed by atoms with Crippen molar-refractivity contribution in [3.05, 3.63) is 35.4 Å². The molecule has 0 atom stereocenters. The van der Waals surface area contributed by atoms with Gasteiger partial charge in [0.05, 0.1) is 0 Å². The summed E-state index contributed by atoms with van der Waals surface area (Å²) >= 11 is 0. The fourth-order valence-electron chi connectivity index (χ4n) is 1.20. The van der Waals surface area contributed by atoms with Crippen LogP contribution in [0.25, 0.3) is 0 Å². The fraction of sp³-hybridized carbons (Fsp3) is 0.273. The van der Waals surface area contributed by atoms with Crippen molar-refractivity contribution in [3.8, 4) is 12.3 Å². The summed E-state index contributed by atoms with van der Waals surface area (Å²) in [5.74, 6) is -8.74. The molecule has 92 valence electrons. The molecule has 0 aliphatic heterocycles. The second kappa shape index (κ2) is 4.32. The van der Waals surface area contributed by atoms with E-state index >= 15 is 0 Å². The van der Waals surface area contributed by atoms with Gasteiger partial charge < -0.3 is 0 Å². The van der Waals surface area contributed by atoms with Crippen LogP contribution in [0.4, 0.5) is 26.3 Å². The van der Waals surface area contributed by atoms with Crippen molar-refractivity contribution in [3.63, 3.8) is 0 Å². The van der Waals surface area contributed by atoms with Gasteiger partial charge in [0, 0.05) is 11.1 Å². The van der Waals surface area contributed by atoms with E-state index in [4.69, 9.17) is 6.42 Å². The molecule has 0 saturated heterocycles. The van der Waals surface area contributed by atoms with Crippen LogP contribution in [0, 0.1) is 12.3 Å². The molecule has 1 aromatic rings. The highest BCUT2D eigenvalue weighted by Gasteiger charge is 2.64. The lowest BCUT2D eigenvalue weighted by Gasteiger charge is -2.26. The predicted molar refractivity (Wildman–Crippen MR) is 49.2 cm³/mol. The minimum atomic E-state index is -5.47. The molecule has 0 aromatic heterocycles. The van der Waals surface area contributed by atoms with Crippen LogP contribution >= 0.6 is 0 Å². The molecular weight excluding hydrogens is 246 g/mol. The lowest BCUT2D eigenvalue weighted by Crippen LogP contribution is -2.44. The molecule has 0 aliphatic carbocycles. The van der Waals surface area contributed by atoms with Crippen molar-refractivity contribution >= 4 is 0 Å². The summed E-state index contributed by atoms with van der Waals surface area (Å²) in [6, 6.07) is 3.84. The van der Waals surface area contributed by atoms with E-state index < -0.39 is 29.4 Å². The Morgan fingerprint density at radius 3 is 2.06 bits per heavy atom. The van der Waals surface area contributed by atoms with E-state index in [1.807, 2.05) is 0 Å². The first-order valence-electron chi connectivity index (χ1n) is 4.35. The van der Waals surface area contributed by atoms with Crippen LogP contribution in [0.15, 0.2) is 24.3 Å². The number of alkyl halides is 6. The molecule has 0 spiro atoms. The maximum Gasteiger partial charge on any atom is 0.373 e. The molecule has 0 saturated carbocycles. The zero-order chi connectivity index (χ0) is 13.3. The van der Waals surface area contributed by atoms with Gasteiger partial charge in [-0.05, 0) is 6.07 Å². The Balaban J connectivity index is 3.36. The van der Waals surface area contributed by atoms with Gasteiger partial charge in [0.15, 0.2) is 0 Å². The number of hydrogen-bond donors (Lipinski definition) is 0. The standard InChI is InChI=1S/C11H6F6/c1-2-7-5-3-4-6-8(7)10(14,15)11(16,17)9(12)13/h1,3-6,9H. The molecule has 0 nitrogen and oxygen atoms in total. The lowest BCUT2D eigenvalue weighted by atomic mass is 9.97. The highest BCUT2D eigenvalue weighted by atomic mass is 19.3. The van der Waals surface area contributed by atoms with Crippen LogP contribution in [0.2, 0.25) is 0 Å². The van der Waals surface area contributed by atoms with Gasteiger partial charge in [0.1, 0.15) is 0 Å². The quantitative estimate of drug-likeness (QED) is 0.569. The molecule has 0 N–H and O–H groups in total. The third kappa shape index (κ3) is 2.09. The number of terminal acetylenes is 1. The second-order valence-electron chi connectivity index (χ2n) is 3.19. The molecule has 0 fully saturated rings. The number of benzene rings is 1. The Kier molecular flexibility index (Phi) is 3.41. The Morgan fingerprint density at radius 2 is 1.59 bits per heavy atom. The first kappa shape index (κ1) is 13.4. The Labute approximate surface area is 93.2 Å². The van der Waals surface area contributed by atoms with Gasteiger partial charge in [-0.3, -0.25) is 0 Å². The Hall–Kier alpha value is -1.64. The minimum Gasteiger partial charge on any atom is -0.203 e. The van der Waals surface area contributed by atoms with Crippen molar-refractivity contribution in [1.29, 1.82) is 0 Å². The molecule has 1 aromatic carbocycles. The van der Waals surface area contributed by atoms with Crippen LogP contribution in [0.5, 0.6) is 0 Å². The lowest BCUT2D eigenvalue weighted by molar-refractivity contribution is -0.270. The van der Waals surface area contributed by atoms with E-state index in [0.717, 1.165) is 12.1 Å². The first-order chi connectivity index (χ1) is 7.75. The smallest absolute Gasteiger partial charge is 0.203 e. The van der Waals surface area contributed by atoms with Gasteiger partial charge in [-0.2, -0.15) is 17.6 Å². The zero-order valence-corrected chi connectivity index (χ0v) is 8.23. The molecule has 6 heteroatoms. The molecule has 0 aliphatic rings. The topological polar surface area (TPSA) is 0 Å². The maximum atomic E-state index is 13.3. The summed E-state index contributed by atoms with van der Waals surface area (Å²) in [4.78, 5) is 0. The Morgan fingerprint density at radius 1 is 1.06 bits per heavy atom. The summed E-state index contributed by atoms with van der Waals surface area (Å²) in [5.41, 5.74) is -1.83. The monoisotopic (exact) mass is 252 g/mol. The van der Waals surface area contributed by atoms with Crippen molar-refractivity contribution in [2.24, 2.45) is 0 Å². The third-order valence-corrected chi connectivity index (χ3v) is 2.11. The van der Waals surface area contributed by atoms with E-state index in [1.54, 1.807) is 5.92 Å². The van der Waals surface area contributed by atoms with Crippen molar-refractivity contribution in [2.75, 3.05) is 0 Å². The van der Waals surface area contributed by atoms with Crippen LogP contribution in [0.1, 0.15) is 11.1 Å². The summed E-state index contributed by atoms with van der Waals surface area (Å²) in [7, 11) is 0. The average molecular weight is 252 g/mol. The largest absolute Gasteiger partial charge is 0.373 e. The SMILES string of the molecule is C#Cc1ccccc1C(F)(F)C(F)(F)C(F)F. The van der Waals surface area contributed by atoms with E-state index in [2.05, 4.69) is 0 Å². The summed E-state index contributed by atoms with van der Waals surface area (Å²) in [6.45, 7) is 0. The van der Waals surface area contributed by atoms with Crippen LogP contribution < -0.4 is 0 Å². The highest BCUT2D eigenvalue weighted by molar-refractivity contribution is 5.43. The van der Waals surface area contributed by atoms with Gasteiger partial charge >= 0.3 is 18.3 Å². The van der Waals surface area contributed by atoms with Crippen molar-refractivity contribution in [1.82, 2.24) is 0 Å². The number of rotatable bonds is 3. The van der Waals surface area contributed by atoms with Gasteiger partial charge in [0.25, 0.3) is 0 Å². The van der Waals surface area contributed by atoms with Gasteiger partial charge in [-0.15, -0.1) is 6.42 Å². The Bertz CT molecular complexity index is 444. The van der Waals surface area contributed by atoms with Crippen LogP contribution in [-0.2, 0) is 5.92 Å². The molecule has 0 amide bonds. The van der Waals surface area contributed by atoms with Gasteiger partial charge in [-0.25, -0.2) is 8.78 Å². The number of halogens is 6. The normalized spacial score (nSPS) is 12.6. The first-order valence-corrected chi connectivity index (χ1v) is 4.35. The average Bonchev–Trinajstić information content (AvgIpc) is 2.28. The predicted octanol–water partition coefficient (Wildman–Crippen LogP) is 3.66. The van der Waals surface area contributed by atoms with E-state index in [9.17, 15) is 26.3 Å². The van der Waals surface area contributed by atoms with Gasteiger partial charge in [0.2, 0.25) is 0 Å². The zero-order valence-electron chi connectivity index (χ0n) is 8.23. The molecule has 17 heavy (non-hydrogen) atoms. The minimum absolute atomic E-state index is 0.544. The van der Waals surface area contributed by atoms with Crippen molar-refractivity contribution < 1.29 is 26.3 Å². The van der Waals surface area contributed by atoms with E-state index in [0.29, 0.717) is 6.07 Å². The van der Waals surface area contributed by atoms with Crippen LogP contribution in [-0.4, -0.2) is 12.3 Å². The molecule has 0 bridgehead atoms. The summed E-state index contributed by atoms with van der Waals surface area (Å²) in [6.07, 6.45) is 0.368. The van der Waals surface area contributed by atoms with Crippen LogP contribution in [0.3, 0.4) is 0 Å². The third-order valence-electron chi connectivity index (χ3n) is 2.11. The molecule has 1 rings (SSSR count). The summed E-state index contributed by atoms with van der Waals surface area (Å²) in [5, 5.41) is 0. The van der Waals surface area contributed by atoms with E-state index in [-0.39, 0.29) is 0 Å². The van der Waals surface area contributed by atoms with E-state index in [1.165, 1.54) is 6.07 Å². The van der Waals surface area contributed by atoms with Crippen molar-refractivity contribution in [2.45, 2.75) is 18.3 Å².